The van der Waals surface area contributed by atoms with Crippen molar-refractivity contribution < 1.29 is 24.2 Å². The molecule has 1 N–H and O–H groups in total. The van der Waals surface area contributed by atoms with Crippen LogP contribution in [0.1, 0.15) is 47.7 Å². The number of fused-ring (bicyclic) bond motifs is 1. The molecule has 0 spiro atoms. The number of methoxy groups -OCH3 is 1. The summed E-state index contributed by atoms with van der Waals surface area (Å²) in [5.41, 5.74) is 2.64. The first kappa shape index (κ1) is 20.6. The van der Waals surface area contributed by atoms with Gasteiger partial charge in [-0.1, -0.05) is 19.9 Å². The number of pyridine rings is 1. The van der Waals surface area contributed by atoms with Crippen molar-refractivity contribution >= 4 is 12.1 Å². The number of hydrogen-bond donors (Lipinski definition) is 1. The van der Waals surface area contributed by atoms with Gasteiger partial charge in [0.15, 0.2) is 0 Å². The summed E-state index contributed by atoms with van der Waals surface area (Å²) in [6.45, 7) is 5.28. The van der Waals surface area contributed by atoms with Crippen LogP contribution in [0.3, 0.4) is 0 Å². The first-order valence-corrected chi connectivity index (χ1v) is 9.70. The fourth-order valence-electron chi connectivity index (χ4n) is 3.72. The maximum atomic E-state index is 11.6. The second-order valence-corrected chi connectivity index (χ2v) is 7.64. The second-order valence-electron chi connectivity index (χ2n) is 7.64. The third-order valence-electron chi connectivity index (χ3n) is 5.05. The minimum atomic E-state index is -0.877. The summed E-state index contributed by atoms with van der Waals surface area (Å²) in [5.74, 6) is 1.18. The van der Waals surface area contributed by atoms with E-state index >= 15 is 0 Å². The standard InChI is InChI=1S/C22H26N2O5/c1-14(2)10-17-13-24(22(26)27)9-8-15-11-18(5-6-19(15)17)29-20-7-4-16(12-23-20)21(25)28-3/h4-7,11-12,14,17H,8-10,13H2,1-3H3,(H,26,27). The number of nitrogens with zero attached hydrogens (tertiary/aromatic N) is 2. The number of carboxylic acid groups (broad SMARTS) is 1. The predicted molar refractivity (Wildman–Crippen MR) is 108 cm³/mol. The first-order chi connectivity index (χ1) is 13.9. The van der Waals surface area contributed by atoms with Crippen LogP contribution < -0.4 is 4.74 Å². The fraction of sp³-hybridized carbons (Fsp3) is 0.409. The van der Waals surface area contributed by atoms with Crippen molar-refractivity contribution in [3.05, 3.63) is 53.2 Å². The zero-order valence-electron chi connectivity index (χ0n) is 16.9. The molecule has 1 aliphatic heterocycles. The molecule has 0 saturated carbocycles. The number of carbonyl (C=O) groups excluding carboxylic acids is 1. The minimum absolute atomic E-state index is 0.162. The molecule has 0 bridgehead atoms. The Bertz CT molecular complexity index is 879. The lowest BCUT2D eigenvalue weighted by atomic mass is 9.87. The van der Waals surface area contributed by atoms with Gasteiger partial charge in [0.05, 0.1) is 12.7 Å². The van der Waals surface area contributed by atoms with Gasteiger partial charge in [0.1, 0.15) is 5.75 Å². The van der Waals surface area contributed by atoms with Crippen molar-refractivity contribution in [2.75, 3.05) is 20.2 Å². The largest absolute Gasteiger partial charge is 0.465 e. The molecule has 2 heterocycles. The molecule has 1 amide bonds. The van der Waals surface area contributed by atoms with E-state index in [4.69, 9.17) is 4.74 Å². The Morgan fingerprint density at radius 3 is 2.69 bits per heavy atom. The Balaban J connectivity index is 1.82. The normalized spacial score (nSPS) is 16.1. The Hall–Kier alpha value is -3.09. The van der Waals surface area contributed by atoms with Crippen LogP contribution in [-0.4, -0.2) is 47.3 Å². The summed E-state index contributed by atoms with van der Waals surface area (Å²) in [7, 11) is 1.32. The number of esters is 1. The van der Waals surface area contributed by atoms with Gasteiger partial charge in [-0.05, 0) is 48.1 Å². The van der Waals surface area contributed by atoms with Crippen LogP contribution in [0.2, 0.25) is 0 Å². The predicted octanol–water partition coefficient (Wildman–Crippen LogP) is 4.33. The maximum absolute atomic E-state index is 11.6. The molecule has 7 nitrogen and oxygen atoms in total. The van der Waals surface area contributed by atoms with E-state index in [0.29, 0.717) is 42.6 Å². The van der Waals surface area contributed by atoms with Crippen LogP contribution in [0, 0.1) is 5.92 Å². The molecule has 1 aromatic carbocycles. The molecule has 1 atom stereocenters. The summed E-state index contributed by atoms with van der Waals surface area (Å²) in [5, 5.41) is 9.48. The zero-order chi connectivity index (χ0) is 21.0. The molecule has 0 aliphatic carbocycles. The van der Waals surface area contributed by atoms with Gasteiger partial charge in [0, 0.05) is 31.3 Å². The summed E-state index contributed by atoms with van der Waals surface area (Å²) in [6.07, 6.45) is 2.10. The van der Waals surface area contributed by atoms with Gasteiger partial charge in [-0.3, -0.25) is 0 Å². The average molecular weight is 398 g/mol. The highest BCUT2D eigenvalue weighted by Crippen LogP contribution is 2.34. The van der Waals surface area contributed by atoms with Crippen LogP contribution >= 0.6 is 0 Å². The quantitative estimate of drug-likeness (QED) is 0.754. The summed E-state index contributed by atoms with van der Waals surface area (Å²) in [4.78, 5) is 28.7. The number of benzene rings is 1. The molecule has 1 aromatic heterocycles. The fourth-order valence-corrected chi connectivity index (χ4v) is 3.72. The molecule has 29 heavy (non-hydrogen) atoms. The maximum Gasteiger partial charge on any atom is 0.407 e. The molecule has 1 aliphatic rings. The molecule has 0 saturated heterocycles. The van der Waals surface area contributed by atoms with Crippen LogP contribution in [-0.2, 0) is 11.2 Å². The Morgan fingerprint density at radius 1 is 1.28 bits per heavy atom. The molecular weight excluding hydrogens is 372 g/mol. The Labute approximate surface area is 170 Å². The van der Waals surface area contributed by atoms with E-state index in [0.717, 1.165) is 12.0 Å². The average Bonchev–Trinajstić information content (AvgIpc) is 2.87. The topological polar surface area (TPSA) is 89.0 Å². The summed E-state index contributed by atoms with van der Waals surface area (Å²) in [6, 6.07) is 9.10. The molecule has 0 fully saturated rings. The van der Waals surface area contributed by atoms with Crippen LogP contribution in [0.25, 0.3) is 0 Å². The monoisotopic (exact) mass is 398 g/mol. The van der Waals surface area contributed by atoms with E-state index in [1.165, 1.54) is 23.8 Å². The van der Waals surface area contributed by atoms with E-state index in [1.807, 2.05) is 18.2 Å². The Morgan fingerprint density at radius 2 is 2.07 bits per heavy atom. The number of amides is 1. The van der Waals surface area contributed by atoms with Crippen molar-refractivity contribution in [1.29, 1.82) is 0 Å². The summed E-state index contributed by atoms with van der Waals surface area (Å²) < 4.78 is 10.5. The zero-order valence-corrected chi connectivity index (χ0v) is 16.9. The van der Waals surface area contributed by atoms with E-state index in [9.17, 15) is 14.7 Å². The van der Waals surface area contributed by atoms with Crippen molar-refractivity contribution in [2.45, 2.75) is 32.6 Å². The molecule has 0 radical (unpaired) electrons. The van der Waals surface area contributed by atoms with E-state index < -0.39 is 12.1 Å². The molecule has 3 rings (SSSR count). The van der Waals surface area contributed by atoms with E-state index in [-0.39, 0.29) is 5.92 Å². The van der Waals surface area contributed by atoms with E-state index in [2.05, 4.69) is 23.6 Å². The van der Waals surface area contributed by atoms with Gasteiger partial charge in [0.2, 0.25) is 5.88 Å². The number of aromatic nitrogens is 1. The number of rotatable bonds is 5. The van der Waals surface area contributed by atoms with Gasteiger partial charge in [-0.2, -0.15) is 0 Å². The number of carbonyl (C=O) groups is 2. The smallest absolute Gasteiger partial charge is 0.407 e. The number of ether oxygens (including phenoxy) is 2. The minimum Gasteiger partial charge on any atom is -0.465 e. The third kappa shape index (κ3) is 5.04. The van der Waals surface area contributed by atoms with Gasteiger partial charge in [-0.15, -0.1) is 0 Å². The second kappa shape index (κ2) is 8.94. The van der Waals surface area contributed by atoms with Gasteiger partial charge in [0.25, 0.3) is 0 Å². The van der Waals surface area contributed by atoms with Gasteiger partial charge in [-0.25, -0.2) is 14.6 Å². The SMILES string of the molecule is COC(=O)c1ccc(Oc2ccc3c(c2)CCN(C(=O)O)CC3CC(C)C)nc1. The molecular formula is C22H26N2O5. The molecule has 7 heteroatoms. The van der Waals surface area contributed by atoms with Gasteiger partial charge < -0.3 is 19.5 Å². The molecule has 154 valence electrons. The Kier molecular flexibility index (Phi) is 6.36. The van der Waals surface area contributed by atoms with Crippen LogP contribution in [0.5, 0.6) is 11.6 Å². The van der Waals surface area contributed by atoms with Crippen molar-refractivity contribution in [1.82, 2.24) is 9.88 Å². The van der Waals surface area contributed by atoms with Crippen LogP contribution in [0.4, 0.5) is 4.79 Å². The molecule has 1 unspecified atom stereocenters. The van der Waals surface area contributed by atoms with E-state index in [1.54, 1.807) is 12.1 Å². The van der Waals surface area contributed by atoms with Crippen molar-refractivity contribution in [3.8, 4) is 11.6 Å². The van der Waals surface area contributed by atoms with Crippen molar-refractivity contribution in [3.63, 3.8) is 0 Å². The van der Waals surface area contributed by atoms with Gasteiger partial charge >= 0.3 is 12.1 Å². The molecule has 2 aromatic rings. The first-order valence-electron chi connectivity index (χ1n) is 9.70. The lowest BCUT2D eigenvalue weighted by molar-refractivity contribution is 0.0600. The third-order valence-corrected chi connectivity index (χ3v) is 5.05. The highest BCUT2D eigenvalue weighted by Gasteiger charge is 2.26. The highest BCUT2D eigenvalue weighted by atomic mass is 16.5. The van der Waals surface area contributed by atoms with Crippen LogP contribution in [0.15, 0.2) is 36.5 Å². The lowest BCUT2D eigenvalue weighted by Gasteiger charge is -2.24. The highest BCUT2D eigenvalue weighted by molar-refractivity contribution is 5.88. The van der Waals surface area contributed by atoms with Crippen molar-refractivity contribution in [2.24, 2.45) is 5.92 Å². The summed E-state index contributed by atoms with van der Waals surface area (Å²) >= 11 is 0. The lowest BCUT2D eigenvalue weighted by Crippen LogP contribution is -2.33. The number of hydrogen-bond acceptors (Lipinski definition) is 5.